The Morgan fingerprint density at radius 1 is 1.39 bits per heavy atom. The third-order valence-electron chi connectivity index (χ3n) is 2.61. The highest BCUT2D eigenvalue weighted by atomic mass is 79.9. The molecule has 0 amide bonds. The van der Waals surface area contributed by atoms with Crippen molar-refractivity contribution in [1.82, 2.24) is 4.90 Å². The molecule has 0 aromatic heterocycles. The first-order chi connectivity index (χ1) is 8.67. The number of likely N-dealkylation sites (N-methyl/N-ethyl adjacent to an activating group) is 1. The average molecular weight is 339 g/mol. The number of nitrogens with zero attached hydrogens (tertiary/aromatic N) is 1. The number of rotatable bonds is 8. The van der Waals surface area contributed by atoms with Crippen LogP contribution in [-0.4, -0.2) is 37.1 Å². The van der Waals surface area contributed by atoms with Gasteiger partial charge in [-0.25, -0.2) is 4.39 Å². The topological polar surface area (TPSA) is 12.5 Å². The summed E-state index contributed by atoms with van der Waals surface area (Å²) in [5.74, 6) is 0.295. The zero-order valence-corrected chi connectivity index (χ0v) is 12.8. The summed E-state index contributed by atoms with van der Waals surface area (Å²) in [5, 5.41) is 0. The second kappa shape index (κ2) is 8.86. The van der Waals surface area contributed by atoms with Crippen molar-refractivity contribution >= 4 is 27.5 Å². The van der Waals surface area contributed by atoms with E-state index >= 15 is 0 Å². The lowest BCUT2D eigenvalue weighted by Crippen LogP contribution is -2.27. The highest BCUT2D eigenvalue weighted by Crippen LogP contribution is 2.17. The molecule has 0 atom stereocenters. The van der Waals surface area contributed by atoms with Gasteiger partial charge < -0.3 is 4.74 Å². The quantitative estimate of drug-likeness (QED) is 0.530. The minimum absolute atomic E-state index is 0.229. The van der Waals surface area contributed by atoms with E-state index in [4.69, 9.17) is 16.3 Å². The predicted octanol–water partition coefficient (Wildman–Crippen LogP) is 3.67. The van der Waals surface area contributed by atoms with Gasteiger partial charge >= 0.3 is 0 Å². The van der Waals surface area contributed by atoms with Crippen LogP contribution >= 0.6 is 27.5 Å². The predicted molar refractivity (Wildman–Crippen MR) is 76.6 cm³/mol. The van der Waals surface area contributed by atoms with Gasteiger partial charge in [-0.15, -0.1) is 11.6 Å². The Bertz CT molecular complexity index is 365. The number of ether oxygens (including phenoxy) is 1. The SMILES string of the molecule is CCN(CCOCCCl)Cc1ccc(F)c(Br)c1. The van der Waals surface area contributed by atoms with Crippen LogP contribution in [0.1, 0.15) is 12.5 Å². The smallest absolute Gasteiger partial charge is 0.137 e. The second-order valence-corrected chi connectivity index (χ2v) is 5.15. The molecule has 0 aliphatic rings. The first kappa shape index (κ1) is 15.9. The lowest BCUT2D eigenvalue weighted by Gasteiger charge is -2.20. The summed E-state index contributed by atoms with van der Waals surface area (Å²) < 4.78 is 19.0. The fraction of sp³-hybridized carbons (Fsp3) is 0.538. The molecule has 0 bridgehead atoms. The van der Waals surface area contributed by atoms with E-state index in [1.165, 1.54) is 6.07 Å². The minimum Gasteiger partial charge on any atom is -0.379 e. The van der Waals surface area contributed by atoms with Gasteiger partial charge in [0.05, 0.1) is 17.7 Å². The van der Waals surface area contributed by atoms with Crippen molar-refractivity contribution in [3.05, 3.63) is 34.1 Å². The summed E-state index contributed by atoms with van der Waals surface area (Å²) >= 11 is 8.73. The monoisotopic (exact) mass is 337 g/mol. The van der Waals surface area contributed by atoms with E-state index in [-0.39, 0.29) is 5.82 Å². The van der Waals surface area contributed by atoms with Crippen LogP contribution in [0.15, 0.2) is 22.7 Å². The van der Waals surface area contributed by atoms with E-state index in [0.29, 0.717) is 23.6 Å². The van der Waals surface area contributed by atoms with Crippen LogP contribution in [0.4, 0.5) is 4.39 Å². The van der Waals surface area contributed by atoms with Crippen molar-refractivity contribution in [3.63, 3.8) is 0 Å². The second-order valence-electron chi connectivity index (χ2n) is 3.92. The average Bonchev–Trinajstić information content (AvgIpc) is 2.37. The van der Waals surface area contributed by atoms with Gasteiger partial charge in [0.1, 0.15) is 5.82 Å². The van der Waals surface area contributed by atoms with E-state index in [2.05, 4.69) is 27.8 Å². The van der Waals surface area contributed by atoms with Gasteiger partial charge in [-0.2, -0.15) is 0 Å². The van der Waals surface area contributed by atoms with Crippen LogP contribution < -0.4 is 0 Å². The van der Waals surface area contributed by atoms with Gasteiger partial charge in [-0.3, -0.25) is 4.90 Å². The summed E-state index contributed by atoms with van der Waals surface area (Å²) in [5.41, 5.74) is 1.09. The lowest BCUT2D eigenvalue weighted by atomic mass is 10.2. The third-order valence-corrected chi connectivity index (χ3v) is 3.37. The van der Waals surface area contributed by atoms with Gasteiger partial charge in [0, 0.05) is 19.0 Å². The highest BCUT2D eigenvalue weighted by Gasteiger charge is 2.06. The summed E-state index contributed by atoms with van der Waals surface area (Å²) in [6, 6.07) is 5.11. The first-order valence-electron chi connectivity index (χ1n) is 5.97. The van der Waals surface area contributed by atoms with Gasteiger partial charge in [-0.05, 0) is 40.2 Å². The number of halogens is 3. The van der Waals surface area contributed by atoms with E-state index < -0.39 is 0 Å². The molecule has 0 heterocycles. The summed E-state index contributed by atoms with van der Waals surface area (Å²) in [6.07, 6.45) is 0. The molecule has 0 aliphatic carbocycles. The molecule has 0 saturated heterocycles. The van der Waals surface area contributed by atoms with Crippen LogP contribution in [0.3, 0.4) is 0 Å². The van der Waals surface area contributed by atoms with Gasteiger partial charge in [0.25, 0.3) is 0 Å². The minimum atomic E-state index is -0.229. The zero-order valence-electron chi connectivity index (χ0n) is 10.5. The molecule has 1 aromatic carbocycles. The highest BCUT2D eigenvalue weighted by molar-refractivity contribution is 9.10. The summed E-state index contributed by atoms with van der Waals surface area (Å²) in [6.45, 7) is 5.92. The molecule has 0 fully saturated rings. The van der Waals surface area contributed by atoms with Crippen molar-refractivity contribution < 1.29 is 9.13 Å². The van der Waals surface area contributed by atoms with Crippen molar-refractivity contribution in [2.24, 2.45) is 0 Å². The Balaban J connectivity index is 2.44. The standard InChI is InChI=1S/C13H18BrClFNO/c1-2-17(6-8-18-7-5-15)10-11-3-4-13(16)12(14)9-11/h3-4,9H,2,5-8,10H2,1H3. The third kappa shape index (κ3) is 5.65. The molecule has 0 radical (unpaired) electrons. The maximum atomic E-state index is 13.1. The van der Waals surface area contributed by atoms with Crippen LogP contribution in [0, 0.1) is 5.82 Å². The normalized spacial score (nSPS) is 11.2. The zero-order chi connectivity index (χ0) is 13.4. The molecule has 0 saturated carbocycles. The number of hydrogen-bond acceptors (Lipinski definition) is 2. The largest absolute Gasteiger partial charge is 0.379 e. The van der Waals surface area contributed by atoms with E-state index in [0.717, 1.165) is 25.2 Å². The van der Waals surface area contributed by atoms with Crippen LogP contribution in [0.5, 0.6) is 0 Å². The fourth-order valence-corrected chi connectivity index (χ4v) is 2.13. The maximum absolute atomic E-state index is 13.1. The molecule has 0 N–H and O–H groups in total. The molecule has 18 heavy (non-hydrogen) atoms. The van der Waals surface area contributed by atoms with Gasteiger partial charge in [-0.1, -0.05) is 13.0 Å². The molecular weight excluding hydrogens is 321 g/mol. The molecule has 0 unspecified atom stereocenters. The van der Waals surface area contributed by atoms with Crippen LogP contribution in [0.25, 0.3) is 0 Å². The number of alkyl halides is 1. The number of benzene rings is 1. The molecular formula is C13H18BrClFNO. The Kier molecular flexibility index (Phi) is 7.82. The molecule has 102 valence electrons. The summed E-state index contributed by atoms with van der Waals surface area (Å²) in [4.78, 5) is 2.24. The maximum Gasteiger partial charge on any atom is 0.137 e. The Hall–Kier alpha value is -0.160. The van der Waals surface area contributed by atoms with E-state index in [9.17, 15) is 4.39 Å². The fourth-order valence-electron chi connectivity index (χ4n) is 1.60. The Labute approximate surface area is 121 Å². The Morgan fingerprint density at radius 2 is 2.17 bits per heavy atom. The lowest BCUT2D eigenvalue weighted by molar-refractivity contribution is 0.114. The Morgan fingerprint density at radius 3 is 2.78 bits per heavy atom. The molecule has 0 spiro atoms. The molecule has 2 nitrogen and oxygen atoms in total. The number of hydrogen-bond donors (Lipinski definition) is 0. The molecule has 0 aliphatic heterocycles. The van der Waals surface area contributed by atoms with Crippen LogP contribution in [-0.2, 0) is 11.3 Å². The molecule has 1 rings (SSSR count). The van der Waals surface area contributed by atoms with Gasteiger partial charge in [0.15, 0.2) is 0 Å². The van der Waals surface area contributed by atoms with Crippen molar-refractivity contribution in [2.45, 2.75) is 13.5 Å². The van der Waals surface area contributed by atoms with Crippen molar-refractivity contribution in [3.8, 4) is 0 Å². The van der Waals surface area contributed by atoms with Gasteiger partial charge in [0.2, 0.25) is 0 Å². The summed E-state index contributed by atoms with van der Waals surface area (Å²) in [7, 11) is 0. The van der Waals surface area contributed by atoms with Crippen molar-refractivity contribution in [1.29, 1.82) is 0 Å². The first-order valence-corrected chi connectivity index (χ1v) is 7.30. The van der Waals surface area contributed by atoms with Crippen LogP contribution in [0.2, 0.25) is 0 Å². The molecule has 1 aromatic rings. The van der Waals surface area contributed by atoms with Crippen molar-refractivity contribution in [2.75, 3.05) is 32.2 Å². The molecule has 5 heteroatoms. The van der Waals surface area contributed by atoms with E-state index in [1.807, 2.05) is 12.1 Å². The van der Waals surface area contributed by atoms with E-state index in [1.54, 1.807) is 0 Å².